The molecule has 0 fully saturated rings. The standard InChI is InChI=1S/C14H15BrFNO3/c1-9(15)7-12(14(19)20-2)17-13(18)8-10-3-5-11(16)6-4-10/h3-6,12H,1,7-8H2,2H3,(H,17,18)/t12-/m1/s1. The van der Waals surface area contributed by atoms with Gasteiger partial charge in [-0.3, -0.25) is 4.79 Å². The van der Waals surface area contributed by atoms with Crippen molar-refractivity contribution in [2.45, 2.75) is 18.9 Å². The summed E-state index contributed by atoms with van der Waals surface area (Å²) in [4.78, 5) is 23.4. The minimum Gasteiger partial charge on any atom is -0.467 e. The van der Waals surface area contributed by atoms with Crippen LogP contribution in [0.25, 0.3) is 0 Å². The van der Waals surface area contributed by atoms with Gasteiger partial charge in [-0.05, 0) is 22.2 Å². The van der Waals surface area contributed by atoms with Crippen LogP contribution in [-0.2, 0) is 20.7 Å². The fourth-order valence-corrected chi connectivity index (χ4v) is 1.91. The van der Waals surface area contributed by atoms with Crippen molar-refractivity contribution in [3.8, 4) is 0 Å². The predicted octanol–water partition coefficient (Wildman–Crippen LogP) is 2.32. The molecule has 1 aromatic carbocycles. The Morgan fingerprint density at radius 2 is 2.00 bits per heavy atom. The van der Waals surface area contributed by atoms with Crippen LogP contribution in [0.4, 0.5) is 4.39 Å². The third-order valence-electron chi connectivity index (χ3n) is 2.52. The second-order valence-corrected chi connectivity index (χ2v) is 5.29. The van der Waals surface area contributed by atoms with Gasteiger partial charge in [-0.1, -0.05) is 34.6 Å². The Morgan fingerprint density at radius 1 is 1.40 bits per heavy atom. The molecule has 0 spiro atoms. The highest BCUT2D eigenvalue weighted by molar-refractivity contribution is 9.11. The predicted molar refractivity (Wildman–Crippen MR) is 76.7 cm³/mol. The largest absolute Gasteiger partial charge is 0.467 e. The molecular weight excluding hydrogens is 329 g/mol. The molecule has 6 heteroatoms. The van der Waals surface area contributed by atoms with Crippen LogP contribution in [0, 0.1) is 5.82 Å². The number of hydrogen-bond acceptors (Lipinski definition) is 3. The van der Waals surface area contributed by atoms with E-state index in [-0.39, 0.29) is 24.6 Å². The molecule has 1 atom stereocenters. The fraction of sp³-hybridized carbons (Fsp3) is 0.286. The van der Waals surface area contributed by atoms with Crippen molar-refractivity contribution >= 4 is 27.8 Å². The van der Waals surface area contributed by atoms with Crippen molar-refractivity contribution in [1.29, 1.82) is 0 Å². The van der Waals surface area contributed by atoms with Crippen molar-refractivity contribution in [2.75, 3.05) is 7.11 Å². The van der Waals surface area contributed by atoms with Gasteiger partial charge in [0.05, 0.1) is 13.5 Å². The Balaban J connectivity index is 2.63. The molecule has 0 saturated heterocycles. The van der Waals surface area contributed by atoms with Crippen molar-refractivity contribution in [2.24, 2.45) is 0 Å². The first kappa shape index (κ1) is 16.4. The molecule has 0 aliphatic carbocycles. The topological polar surface area (TPSA) is 55.4 Å². The van der Waals surface area contributed by atoms with Gasteiger partial charge in [-0.25, -0.2) is 9.18 Å². The maximum Gasteiger partial charge on any atom is 0.328 e. The van der Waals surface area contributed by atoms with Gasteiger partial charge in [0.15, 0.2) is 0 Å². The van der Waals surface area contributed by atoms with E-state index in [1.165, 1.54) is 31.4 Å². The Hall–Kier alpha value is -1.69. The van der Waals surface area contributed by atoms with Crippen molar-refractivity contribution in [1.82, 2.24) is 5.32 Å². The SMILES string of the molecule is C=C(Br)C[C@@H](NC(=O)Cc1ccc(F)cc1)C(=O)OC. The third-order valence-corrected chi connectivity index (χ3v) is 2.85. The molecular formula is C14H15BrFNO3. The molecule has 1 N–H and O–H groups in total. The quantitative estimate of drug-likeness (QED) is 0.806. The van der Waals surface area contributed by atoms with Crippen LogP contribution in [-0.4, -0.2) is 25.0 Å². The summed E-state index contributed by atoms with van der Waals surface area (Å²) in [5.41, 5.74) is 0.658. The number of carbonyl (C=O) groups is 2. The fourth-order valence-electron chi connectivity index (χ4n) is 1.59. The number of hydrogen-bond donors (Lipinski definition) is 1. The van der Waals surface area contributed by atoms with Gasteiger partial charge < -0.3 is 10.1 Å². The molecule has 0 heterocycles. The number of amides is 1. The zero-order valence-corrected chi connectivity index (χ0v) is 12.6. The highest BCUT2D eigenvalue weighted by Gasteiger charge is 2.21. The van der Waals surface area contributed by atoms with Crippen LogP contribution in [0.2, 0.25) is 0 Å². The summed E-state index contributed by atoms with van der Waals surface area (Å²) in [5, 5.41) is 2.56. The Labute approximate surface area is 125 Å². The number of esters is 1. The molecule has 1 aromatic rings. The van der Waals surface area contributed by atoms with E-state index in [1.807, 2.05) is 0 Å². The monoisotopic (exact) mass is 343 g/mol. The average molecular weight is 344 g/mol. The summed E-state index contributed by atoms with van der Waals surface area (Å²) < 4.78 is 17.9. The van der Waals surface area contributed by atoms with Gasteiger partial charge in [-0.15, -0.1) is 0 Å². The summed E-state index contributed by atoms with van der Waals surface area (Å²) in [6.07, 6.45) is 0.296. The minimum atomic E-state index is -0.792. The molecule has 0 aliphatic heterocycles. The molecule has 20 heavy (non-hydrogen) atoms. The lowest BCUT2D eigenvalue weighted by atomic mass is 10.1. The molecule has 108 valence electrons. The maximum atomic E-state index is 12.8. The van der Waals surface area contributed by atoms with Crippen LogP contribution in [0.1, 0.15) is 12.0 Å². The summed E-state index contributed by atoms with van der Waals surface area (Å²) in [5.74, 6) is -1.25. The second-order valence-electron chi connectivity index (χ2n) is 4.17. The van der Waals surface area contributed by atoms with Gasteiger partial charge in [0.1, 0.15) is 11.9 Å². The van der Waals surface area contributed by atoms with E-state index in [2.05, 4.69) is 32.6 Å². The van der Waals surface area contributed by atoms with Gasteiger partial charge in [-0.2, -0.15) is 0 Å². The summed E-state index contributed by atoms with van der Waals surface area (Å²) in [6.45, 7) is 3.63. The van der Waals surface area contributed by atoms with Crippen molar-refractivity contribution < 1.29 is 18.7 Å². The van der Waals surface area contributed by atoms with Crippen LogP contribution in [0.3, 0.4) is 0 Å². The number of methoxy groups -OCH3 is 1. The van der Waals surface area contributed by atoms with E-state index in [0.29, 0.717) is 10.0 Å². The zero-order valence-electron chi connectivity index (χ0n) is 11.0. The van der Waals surface area contributed by atoms with Crippen LogP contribution in [0.15, 0.2) is 35.3 Å². The zero-order chi connectivity index (χ0) is 15.1. The lowest BCUT2D eigenvalue weighted by molar-refractivity contribution is -0.144. The lowest BCUT2D eigenvalue weighted by Gasteiger charge is -2.16. The summed E-state index contributed by atoms with van der Waals surface area (Å²) in [7, 11) is 1.25. The van der Waals surface area contributed by atoms with E-state index < -0.39 is 12.0 Å². The Kier molecular flexibility index (Phi) is 6.38. The second kappa shape index (κ2) is 7.79. The number of ether oxygens (including phenoxy) is 1. The maximum absolute atomic E-state index is 12.8. The Bertz CT molecular complexity index is 502. The first-order valence-electron chi connectivity index (χ1n) is 5.87. The smallest absolute Gasteiger partial charge is 0.328 e. The molecule has 1 amide bonds. The van der Waals surface area contributed by atoms with E-state index in [9.17, 15) is 14.0 Å². The van der Waals surface area contributed by atoms with E-state index in [1.54, 1.807) is 0 Å². The number of carbonyl (C=O) groups excluding carboxylic acids is 2. The molecule has 0 saturated carbocycles. The van der Waals surface area contributed by atoms with Crippen LogP contribution >= 0.6 is 15.9 Å². The molecule has 4 nitrogen and oxygen atoms in total. The van der Waals surface area contributed by atoms with Gasteiger partial charge in [0.25, 0.3) is 0 Å². The van der Waals surface area contributed by atoms with Gasteiger partial charge >= 0.3 is 5.97 Å². The van der Waals surface area contributed by atoms with Crippen LogP contribution in [0.5, 0.6) is 0 Å². The van der Waals surface area contributed by atoms with Crippen molar-refractivity contribution in [3.63, 3.8) is 0 Å². The number of rotatable bonds is 6. The molecule has 0 bridgehead atoms. The molecule has 0 aliphatic rings. The van der Waals surface area contributed by atoms with Crippen LogP contribution < -0.4 is 5.32 Å². The molecule has 0 aromatic heterocycles. The normalized spacial score (nSPS) is 11.6. The number of halogens is 2. The first-order valence-corrected chi connectivity index (χ1v) is 6.66. The van der Waals surface area contributed by atoms with Gasteiger partial charge in [0.2, 0.25) is 5.91 Å². The number of nitrogens with one attached hydrogen (secondary N) is 1. The molecule has 0 unspecified atom stereocenters. The third kappa shape index (κ3) is 5.52. The lowest BCUT2D eigenvalue weighted by Crippen LogP contribution is -2.42. The summed E-state index contributed by atoms with van der Waals surface area (Å²) in [6, 6.07) is 4.80. The van der Waals surface area contributed by atoms with E-state index in [0.717, 1.165) is 0 Å². The minimum absolute atomic E-state index is 0.0581. The summed E-state index contributed by atoms with van der Waals surface area (Å²) >= 11 is 3.14. The van der Waals surface area contributed by atoms with E-state index in [4.69, 9.17) is 0 Å². The highest BCUT2D eigenvalue weighted by Crippen LogP contribution is 2.11. The number of benzene rings is 1. The van der Waals surface area contributed by atoms with Crippen molar-refractivity contribution in [3.05, 3.63) is 46.7 Å². The molecule has 0 radical (unpaired) electrons. The van der Waals surface area contributed by atoms with Gasteiger partial charge in [0, 0.05) is 6.42 Å². The van der Waals surface area contributed by atoms with E-state index >= 15 is 0 Å². The molecule has 1 rings (SSSR count). The first-order chi connectivity index (χ1) is 9.42. The Morgan fingerprint density at radius 3 is 2.50 bits per heavy atom. The average Bonchev–Trinajstić information content (AvgIpc) is 2.39. The highest BCUT2D eigenvalue weighted by atomic mass is 79.9.